The highest BCUT2D eigenvalue weighted by atomic mass is 127. The molecule has 1 aromatic heterocycles. The van der Waals surface area contributed by atoms with Crippen molar-refractivity contribution in [1.82, 2.24) is 8.87 Å². The van der Waals surface area contributed by atoms with E-state index in [-0.39, 0.29) is 52.8 Å². The minimum Gasteiger partial charge on any atom is -1.00 e. The van der Waals surface area contributed by atoms with E-state index < -0.39 is 10.0 Å². The van der Waals surface area contributed by atoms with Crippen LogP contribution in [0.2, 0.25) is 0 Å². The van der Waals surface area contributed by atoms with Crippen molar-refractivity contribution in [2.24, 2.45) is 12.0 Å². The first-order chi connectivity index (χ1) is 13.6. The van der Waals surface area contributed by atoms with Crippen LogP contribution in [-0.4, -0.2) is 63.1 Å². The molecule has 0 saturated carbocycles. The van der Waals surface area contributed by atoms with Crippen LogP contribution in [0.25, 0.3) is 0 Å². The minimum absolute atomic E-state index is 0. The molecule has 1 aromatic carbocycles. The van der Waals surface area contributed by atoms with Crippen LogP contribution in [0.4, 0.5) is 5.69 Å². The van der Waals surface area contributed by atoms with Gasteiger partial charge in [0.05, 0.1) is 43.9 Å². The van der Waals surface area contributed by atoms with Gasteiger partial charge in [-0.3, -0.25) is 0 Å². The smallest absolute Gasteiger partial charge is 0.246 e. The maximum atomic E-state index is 12.8. The van der Waals surface area contributed by atoms with Crippen LogP contribution in [0, 0.1) is 0 Å². The monoisotopic (exact) mass is 676 g/mol. The van der Waals surface area contributed by atoms with Gasteiger partial charge in [-0.05, 0) is 38.1 Å². The standard InChI is InChI=1S/C21H33N4O3S.2HI/c1-8-25(6,9-2)16-17-14-18(10-11-20(17)28-7)22-19-12-13-24(5)15-21(19)29(26,27)23(3)4;;/h10-15H,8-9,16H2,1-7H3;2*1H/q+1;;/p-1. The van der Waals surface area contributed by atoms with Crippen LogP contribution in [0.3, 0.4) is 0 Å². The summed E-state index contributed by atoms with van der Waals surface area (Å²) < 4.78 is 34.9. The maximum Gasteiger partial charge on any atom is 0.246 e. The summed E-state index contributed by atoms with van der Waals surface area (Å²) in [6.07, 6.45) is 3.38. The summed E-state index contributed by atoms with van der Waals surface area (Å²) in [6.45, 7) is 7.16. The highest BCUT2D eigenvalue weighted by molar-refractivity contribution is 14.0. The molecule has 176 valence electrons. The Hall–Kier alpha value is -0.700. The van der Waals surface area contributed by atoms with Gasteiger partial charge >= 0.3 is 0 Å². The number of ether oxygens (including phenoxy) is 1. The predicted octanol–water partition coefficient (Wildman–Crippen LogP) is 0.125. The summed E-state index contributed by atoms with van der Waals surface area (Å²) in [6, 6.07) is 7.45. The number of sulfonamides is 1. The number of rotatable bonds is 8. The summed E-state index contributed by atoms with van der Waals surface area (Å²) in [5.74, 6) is 0.816. The van der Waals surface area contributed by atoms with E-state index in [0.717, 1.165) is 35.4 Å². The molecule has 7 nitrogen and oxygen atoms in total. The second-order valence-electron chi connectivity index (χ2n) is 7.67. The molecule has 0 spiro atoms. The van der Waals surface area contributed by atoms with Gasteiger partial charge in [0.1, 0.15) is 17.2 Å². The first-order valence-corrected chi connectivity index (χ1v) is 11.1. The van der Waals surface area contributed by atoms with Crippen LogP contribution in [-0.2, 0) is 23.6 Å². The zero-order valence-electron chi connectivity index (χ0n) is 19.3. The van der Waals surface area contributed by atoms with Crippen molar-refractivity contribution in [3.63, 3.8) is 0 Å². The van der Waals surface area contributed by atoms with E-state index in [1.165, 1.54) is 18.4 Å². The molecular weight excluding hydrogens is 642 g/mol. The Morgan fingerprint density at radius 3 is 2.29 bits per heavy atom. The van der Waals surface area contributed by atoms with Gasteiger partial charge in [0, 0.05) is 33.5 Å². The molecule has 0 aliphatic carbocycles. The minimum atomic E-state index is -3.62. The number of aromatic nitrogens is 1. The van der Waals surface area contributed by atoms with E-state index in [2.05, 4.69) is 25.9 Å². The average molecular weight is 676 g/mol. The fraction of sp³-hybridized carbons (Fsp3) is 0.476. The van der Waals surface area contributed by atoms with Gasteiger partial charge in [-0.25, -0.2) is 17.7 Å². The second kappa shape index (κ2) is 12.5. The lowest BCUT2D eigenvalue weighted by Crippen LogP contribution is -3.00. The Morgan fingerprint density at radius 1 is 1.16 bits per heavy atom. The Morgan fingerprint density at radius 2 is 1.77 bits per heavy atom. The molecule has 2 rings (SSSR count). The third kappa shape index (κ3) is 7.41. The SMILES string of the molecule is CC[N+](C)(CC)Cc1cc(N=c2ccn(C)cc2S(=O)(=O)N(C)C)ccc1OC.I.[I-]. The van der Waals surface area contributed by atoms with Gasteiger partial charge in [-0.15, -0.1) is 24.0 Å². The van der Waals surface area contributed by atoms with Crippen molar-refractivity contribution in [3.8, 4) is 5.75 Å². The first kappa shape index (κ1) is 30.3. The number of pyridine rings is 1. The molecule has 0 N–H and O–H groups in total. The van der Waals surface area contributed by atoms with E-state index in [1.54, 1.807) is 37.2 Å². The molecule has 0 unspecified atom stereocenters. The number of halogens is 2. The van der Waals surface area contributed by atoms with E-state index in [0.29, 0.717) is 11.0 Å². The number of nitrogens with zero attached hydrogens (tertiary/aromatic N) is 4. The average Bonchev–Trinajstić information content (AvgIpc) is 2.69. The molecule has 0 aliphatic heterocycles. The maximum absolute atomic E-state index is 12.8. The molecule has 0 fully saturated rings. The van der Waals surface area contributed by atoms with Crippen LogP contribution in [0.5, 0.6) is 5.75 Å². The summed E-state index contributed by atoms with van der Waals surface area (Å²) in [7, 11) is 5.08. The van der Waals surface area contributed by atoms with E-state index in [1.807, 2.05) is 18.2 Å². The van der Waals surface area contributed by atoms with E-state index in [4.69, 9.17) is 4.74 Å². The van der Waals surface area contributed by atoms with E-state index >= 15 is 0 Å². The molecule has 0 bridgehead atoms. The van der Waals surface area contributed by atoms with Gasteiger partial charge in [0.15, 0.2) is 0 Å². The van der Waals surface area contributed by atoms with Crippen molar-refractivity contribution >= 4 is 39.7 Å². The quantitative estimate of drug-likeness (QED) is 0.295. The zero-order valence-corrected chi connectivity index (χ0v) is 24.6. The van der Waals surface area contributed by atoms with Gasteiger partial charge in [0.25, 0.3) is 0 Å². The molecule has 0 radical (unpaired) electrons. The van der Waals surface area contributed by atoms with Gasteiger partial charge in [-0.1, -0.05) is 0 Å². The number of methoxy groups -OCH3 is 1. The second-order valence-corrected chi connectivity index (χ2v) is 9.79. The third-order valence-electron chi connectivity index (χ3n) is 5.39. The fourth-order valence-electron chi connectivity index (χ4n) is 3.01. The van der Waals surface area contributed by atoms with E-state index in [9.17, 15) is 8.42 Å². The number of benzene rings is 1. The lowest BCUT2D eigenvalue weighted by Gasteiger charge is -2.32. The molecule has 0 atom stereocenters. The molecule has 0 saturated heterocycles. The first-order valence-electron chi connectivity index (χ1n) is 9.70. The molecule has 1 heterocycles. The van der Waals surface area contributed by atoms with Gasteiger partial charge in [0.2, 0.25) is 10.0 Å². The molecule has 10 heteroatoms. The third-order valence-corrected chi connectivity index (χ3v) is 7.22. The highest BCUT2D eigenvalue weighted by Crippen LogP contribution is 2.27. The van der Waals surface area contributed by atoms with Crippen molar-refractivity contribution in [2.75, 3.05) is 41.3 Å². The zero-order chi connectivity index (χ0) is 21.8. The normalized spacial score (nSPS) is 12.3. The lowest BCUT2D eigenvalue weighted by atomic mass is 10.1. The lowest BCUT2D eigenvalue weighted by molar-refractivity contribution is -0.919. The van der Waals surface area contributed by atoms with Crippen LogP contribution < -0.4 is 34.1 Å². The topological polar surface area (TPSA) is 63.9 Å². The number of aryl methyl sites for hydroxylation is 1. The molecule has 31 heavy (non-hydrogen) atoms. The van der Waals surface area contributed by atoms with Crippen LogP contribution >= 0.6 is 24.0 Å². The van der Waals surface area contributed by atoms with Gasteiger partial charge < -0.3 is 37.8 Å². The molecular formula is C21H34I2N4O3S. The fourth-order valence-corrected chi connectivity index (χ4v) is 4.08. The Bertz CT molecular complexity index is 1030. The van der Waals surface area contributed by atoms with Crippen molar-refractivity contribution in [2.45, 2.75) is 25.3 Å². The molecule has 0 amide bonds. The summed E-state index contributed by atoms with van der Waals surface area (Å²) >= 11 is 0. The van der Waals surface area contributed by atoms with Crippen molar-refractivity contribution < 1.29 is 41.6 Å². The highest BCUT2D eigenvalue weighted by Gasteiger charge is 2.21. The van der Waals surface area contributed by atoms with Crippen molar-refractivity contribution in [1.29, 1.82) is 0 Å². The number of hydrogen-bond donors (Lipinski definition) is 0. The Labute approximate surface area is 220 Å². The summed E-state index contributed by atoms with van der Waals surface area (Å²) in [5, 5.41) is 0.413. The van der Waals surface area contributed by atoms with Crippen molar-refractivity contribution in [3.05, 3.63) is 47.6 Å². The van der Waals surface area contributed by atoms with Crippen LogP contribution in [0.1, 0.15) is 19.4 Å². The Kier molecular flexibility index (Phi) is 12.2. The number of quaternary nitrogens is 1. The summed E-state index contributed by atoms with van der Waals surface area (Å²) in [5.41, 5.74) is 1.75. The summed E-state index contributed by atoms with van der Waals surface area (Å²) in [4.78, 5) is 4.84. The largest absolute Gasteiger partial charge is 1.00 e. The Balaban J connectivity index is 0.00000450. The number of hydrogen-bond acceptors (Lipinski definition) is 4. The predicted molar refractivity (Wildman–Crippen MR) is 131 cm³/mol. The van der Waals surface area contributed by atoms with Crippen LogP contribution in [0.15, 0.2) is 46.5 Å². The van der Waals surface area contributed by atoms with Gasteiger partial charge in [-0.2, -0.15) is 0 Å². The molecule has 0 aliphatic rings. The molecule has 2 aromatic rings.